The van der Waals surface area contributed by atoms with Crippen molar-refractivity contribution >= 4 is 0 Å². The lowest BCUT2D eigenvalue weighted by atomic mass is 9.96. The maximum atomic E-state index is 4.99. The molecule has 0 heterocycles. The number of allylic oxidation sites excluding steroid dienone is 2. The molecule has 0 aromatic rings. The van der Waals surface area contributed by atoms with E-state index >= 15 is 0 Å². The molecule has 0 aromatic heterocycles. The van der Waals surface area contributed by atoms with Gasteiger partial charge in [-0.3, -0.25) is 0 Å². The van der Waals surface area contributed by atoms with Crippen LogP contribution in [0.25, 0.3) is 0 Å². The summed E-state index contributed by atoms with van der Waals surface area (Å²) in [5.41, 5.74) is 0.236. The molecule has 0 aliphatic rings. The van der Waals surface area contributed by atoms with Crippen LogP contribution in [-0.2, 0) is 4.74 Å². The second kappa shape index (κ2) is 2.90. The second-order valence-electron chi connectivity index (χ2n) is 3.33. The lowest BCUT2D eigenvalue weighted by Crippen LogP contribution is -2.00. The van der Waals surface area contributed by atoms with Gasteiger partial charge in [-0.2, -0.15) is 0 Å². The van der Waals surface area contributed by atoms with Crippen LogP contribution in [0.5, 0.6) is 0 Å². The quantitative estimate of drug-likeness (QED) is 0.493. The van der Waals surface area contributed by atoms with E-state index in [1.54, 1.807) is 7.11 Å². The third kappa shape index (κ3) is 5.41. The third-order valence-corrected chi connectivity index (χ3v) is 0.958. The fraction of sp³-hybridized carbons (Fsp3) is 0.750. The predicted molar refractivity (Wildman–Crippen MR) is 40.2 cm³/mol. The van der Waals surface area contributed by atoms with Crippen LogP contribution in [0.1, 0.15) is 27.7 Å². The van der Waals surface area contributed by atoms with Crippen molar-refractivity contribution in [2.45, 2.75) is 27.7 Å². The molecule has 9 heavy (non-hydrogen) atoms. The Balaban J connectivity index is 3.95. The molecular formula is C8H16O. The average Bonchev–Trinajstić information content (AvgIpc) is 1.62. The Bertz CT molecular complexity index is 106. The molecule has 0 spiro atoms. The Morgan fingerprint density at radius 1 is 1.33 bits per heavy atom. The minimum absolute atomic E-state index is 0.236. The second-order valence-corrected chi connectivity index (χ2v) is 3.33. The molecule has 54 valence electrons. The summed E-state index contributed by atoms with van der Waals surface area (Å²) in [7, 11) is 1.69. The summed E-state index contributed by atoms with van der Waals surface area (Å²) >= 11 is 0. The molecule has 0 aliphatic heterocycles. The Hall–Kier alpha value is -0.460. The Morgan fingerprint density at radius 3 is 1.89 bits per heavy atom. The molecule has 0 bridgehead atoms. The van der Waals surface area contributed by atoms with Crippen LogP contribution in [0.4, 0.5) is 0 Å². The first-order valence-corrected chi connectivity index (χ1v) is 3.19. The van der Waals surface area contributed by atoms with Crippen molar-refractivity contribution in [3.05, 3.63) is 11.8 Å². The monoisotopic (exact) mass is 128 g/mol. The van der Waals surface area contributed by atoms with Crippen LogP contribution in [-0.4, -0.2) is 7.11 Å². The molecule has 0 saturated carbocycles. The molecule has 0 unspecified atom stereocenters. The molecule has 0 aliphatic carbocycles. The van der Waals surface area contributed by atoms with E-state index in [1.807, 2.05) is 6.92 Å². The molecule has 0 rings (SSSR count). The summed E-state index contributed by atoms with van der Waals surface area (Å²) in [6.45, 7) is 8.41. The largest absolute Gasteiger partial charge is 0.502 e. The van der Waals surface area contributed by atoms with Crippen LogP contribution < -0.4 is 0 Å². The topological polar surface area (TPSA) is 9.23 Å². The van der Waals surface area contributed by atoms with Gasteiger partial charge in [-0.05, 0) is 18.4 Å². The number of methoxy groups -OCH3 is 1. The zero-order chi connectivity index (χ0) is 7.49. The molecule has 0 aromatic carbocycles. The summed E-state index contributed by atoms with van der Waals surface area (Å²) in [6.07, 6.45) is 2.10. The first-order valence-electron chi connectivity index (χ1n) is 3.19. The Morgan fingerprint density at radius 2 is 1.78 bits per heavy atom. The zero-order valence-corrected chi connectivity index (χ0v) is 6.99. The summed E-state index contributed by atoms with van der Waals surface area (Å²) in [6, 6.07) is 0. The molecule has 0 saturated heterocycles. The van der Waals surface area contributed by atoms with E-state index in [1.165, 1.54) is 0 Å². The smallest absolute Gasteiger partial charge is 0.0890 e. The molecule has 0 atom stereocenters. The zero-order valence-electron chi connectivity index (χ0n) is 6.99. The maximum Gasteiger partial charge on any atom is 0.0890 e. The van der Waals surface area contributed by atoms with Gasteiger partial charge in [0.1, 0.15) is 0 Å². The normalized spacial score (nSPS) is 13.7. The van der Waals surface area contributed by atoms with Gasteiger partial charge < -0.3 is 4.74 Å². The maximum absolute atomic E-state index is 4.99. The van der Waals surface area contributed by atoms with E-state index in [9.17, 15) is 0 Å². The van der Waals surface area contributed by atoms with Crippen LogP contribution in [0.2, 0.25) is 0 Å². The van der Waals surface area contributed by atoms with Gasteiger partial charge >= 0.3 is 0 Å². The van der Waals surface area contributed by atoms with E-state index in [-0.39, 0.29) is 5.41 Å². The first kappa shape index (κ1) is 8.54. The molecule has 1 heteroatoms. The van der Waals surface area contributed by atoms with Crippen molar-refractivity contribution in [1.82, 2.24) is 0 Å². The van der Waals surface area contributed by atoms with Gasteiger partial charge in [0.05, 0.1) is 12.9 Å². The molecule has 0 fully saturated rings. The van der Waals surface area contributed by atoms with Gasteiger partial charge in [0.15, 0.2) is 0 Å². The van der Waals surface area contributed by atoms with E-state index < -0.39 is 0 Å². The highest BCUT2D eigenvalue weighted by Gasteiger charge is 2.05. The van der Waals surface area contributed by atoms with Crippen LogP contribution >= 0.6 is 0 Å². The van der Waals surface area contributed by atoms with Crippen LogP contribution in [0.15, 0.2) is 11.8 Å². The Labute approximate surface area is 57.7 Å². The van der Waals surface area contributed by atoms with Crippen molar-refractivity contribution in [3.63, 3.8) is 0 Å². The average molecular weight is 128 g/mol. The number of hydrogen-bond acceptors (Lipinski definition) is 1. The van der Waals surface area contributed by atoms with Crippen molar-refractivity contribution < 1.29 is 4.74 Å². The number of ether oxygens (including phenoxy) is 1. The highest BCUT2D eigenvalue weighted by atomic mass is 16.5. The van der Waals surface area contributed by atoms with Gasteiger partial charge in [0.25, 0.3) is 0 Å². The summed E-state index contributed by atoms with van der Waals surface area (Å²) in [5.74, 6) is 0.988. The lowest BCUT2D eigenvalue weighted by molar-refractivity contribution is 0.285. The predicted octanol–water partition coefficient (Wildman–Crippen LogP) is 2.58. The van der Waals surface area contributed by atoms with E-state index in [4.69, 9.17) is 4.74 Å². The minimum atomic E-state index is 0.236. The summed E-state index contributed by atoms with van der Waals surface area (Å²) in [4.78, 5) is 0. The van der Waals surface area contributed by atoms with E-state index in [0.29, 0.717) is 0 Å². The van der Waals surface area contributed by atoms with Crippen molar-refractivity contribution in [3.8, 4) is 0 Å². The number of hydrogen-bond donors (Lipinski definition) is 0. The Kier molecular flexibility index (Phi) is 2.75. The van der Waals surface area contributed by atoms with Gasteiger partial charge in [0.2, 0.25) is 0 Å². The van der Waals surface area contributed by atoms with Gasteiger partial charge in [-0.15, -0.1) is 0 Å². The van der Waals surface area contributed by atoms with E-state index in [0.717, 1.165) is 5.76 Å². The van der Waals surface area contributed by atoms with Gasteiger partial charge in [0, 0.05) is 0 Å². The van der Waals surface area contributed by atoms with Crippen LogP contribution in [0, 0.1) is 5.41 Å². The first-order chi connectivity index (χ1) is 3.95. The molecule has 0 radical (unpaired) electrons. The SMILES string of the molecule is CO/C(C)=C/C(C)(C)C. The molecule has 1 nitrogen and oxygen atoms in total. The highest BCUT2D eigenvalue weighted by Crippen LogP contribution is 2.17. The van der Waals surface area contributed by atoms with Crippen LogP contribution in [0.3, 0.4) is 0 Å². The fourth-order valence-corrected chi connectivity index (χ4v) is 0.669. The molecular weight excluding hydrogens is 112 g/mol. The summed E-state index contributed by atoms with van der Waals surface area (Å²) in [5, 5.41) is 0. The third-order valence-electron chi connectivity index (χ3n) is 0.958. The highest BCUT2D eigenvalue weighted by molar-refractivity contribution is 4.96. The fourth-order valence-electron chi connectivity index (χ4n) is 0.669. The van der Waals surface area contributed by atoms with Crippen molar-refractivity contribution in [2.75, 3.05) is 7.11 Å². The van der Waals surface area contributed by atoms with Gasteiger partial charge in [-0.1, -0.05) is 20.8 Å². The standard InChI is InChI=1S/C8H16O/c1-7(9-5)6-8(2,3)4/h6H,1-5H3/b7-6+. The van der Waals surface area contributed by atoms with Crippen molar-refractivity contribution in [1.29, 1.82) is 0 Å². The van der Waals surface area contributed by atoms with E-state index in [2.05, 4.69) is 26.8 Å². The lowest BCUT2D eigenvalue weighted by Gasteiger charge is -2.12. The summed E-state index contributed by atoms with van der Waals surface area (Å²) < 4.78 is 4.99. The minimum Gasteiger partial charge on any atom is -0.502 e. The van der Waals surface area contributed by atoms with Gasteiger partial charge in [-0.25, -0.2) is 0 Å². The molecule has 0 N–H and O–H groups in total. The van der Waals surface area contributed by atoms with Crippen molar-refractivity contribution in [2.24, 2.45) is 5.41 Å². The molecule has 0 amide bonds. The number of rotatable bonds is 1.